The third-order valence-corrected chi connectivity index (χ3v) is 3.59. The molecule has 0 saturated carbocycles. The average Bonchev–Trinajstić information content (AvgIpc) is 2.53. The lowest BCUT2D eigenvalue weighted by atomic mass is 9.96. The highest BCUT2D eigenvalue weighted by atomic mass is 32.1. The van der Waals surface area contributed by atoms with Crippen molar-refractivity contribution in [1.82, 2.24) is 0 Å². The van der Waals surface area contributed by atoms with Crippen LogP contribution in [0.4, 0.5) is 0 Å². The number of hydrogen-bond donors (Lipinski definition) is 2. The molecule has 0 aliphatic heterocycles. The Kier molecular flexibility index (Phi) is 3.90. The van der Waals surface area contributed by atoms with Crippen LogP contribution >= 0.6 is 11.3 Å². The molecule has 3 heteroatoms. The molecule has 0 radical (unpaired) electrons. The van der Waals surface area contributed by atoms with Crippen LogP contribution in [0.1, 0.15) is 29.8 Å². The zero-order valence-electron chi connectivity index (χ0n) is 8.16. The van der Waals surface area contributed by atoms with E-state index >= 15 is 0 Å². The van der Waals surface area contributed by atoms with Crippen molar-refractivity contribution in [2.75, 3.05) is 6.61 Å². The van der Waals surface area contributed by atoms with Gasteiger partial charge in [0.2, 0.25) is 0 Å². The second-order valence-electron chi connectivity index (χ2n) is 3.34. The summed E-state index contributed by atoms with van der Waals surface area (Å²) >= 11 is 1.68. The van der Waals surface area contributed by atoms with Gasteiger partial charge in [0, 0.05) is 23.4 Å². The molecule has 0 amide bonds. The van der Waals surface area contributed by atoms with E-state index in [0.717, 1.165) is 6.42 Å². The van der Waals surface area contributed by atoms with Crippen LogP contribution in [0.5, 0.6) is 0 Å². The molecular formula is C10H17NOS. The maximum Gasteiger partial charge on any atom is 0.0477 e. The van der Waals surface area contributed by atoms with Crippen LogP contribution in [0.15, 0.2) is 11.4 Å². The van der Waals surface area contributed by atoms with Crippen molar-refractivity contribution in [1.29, 1.82) is 0 Å². The van der Waals surface area contributed by atoms with E-state index < -0.39 is 0 Å². The number of nitrogens with two attached hydrogens (primary N) is 1. The fourth-order valence-electron chi connectivity index (χ4n) is 1.44. The third-order valence-electron chi connectivity index (χ3n) is 2.47. The van der Waals surface area contributed by atoms with Gasteiger partial charge in [-0.2, -0.15) is 0 Å². The summed E-state index contributed by atoms with van der Waals surface area (Å²) in [6.07, 6.45) is 0.926. The topological polar surface area (TPSA) is 46.2 Å². The molecule has 1 rings (SSSR count). The highest BCUT2D eigenvalue weighted by molar-refractivity contribution is 7.10. The Morgan fingerprint density at radius 3 is 2.69 bits per heavy atom. The van der Waals surface area contributed by atoms with Gasteiger partial charge in [0.1, 0.15) is 0 Å². The summed E-state index contributed by atoms with van der Waals surface area (Å²) in [5, 5.41) is 11.2. The summed E-state index contributed by atoms with van der Waals surface area (Å²) in [7, 11) is 0. The van der Waals surface area contributed by atoms with Crippen molar-refractivity contribution < 1.29 is 5.11 Å². The van der Waals surface area contributed by atoms with Gasteiger partial charge in [0.05, 0.1) is 0 Å². The number of hydrogen-bond acceptors (Lipinski definition) is 3. The lowest BCUT2D eigenvalue weighted by Crippen LogP contribution is -2.23. The first-order valence-electron chi connectivity index (χ1n) is 4.61. The van der Waals surface area contributed by atoms with Gasteiger partial charge in [-0.25, -0.2) is 0 Å². The zero-order valence-corrected chi connectivity index (χ0v) is 8.97. The first-order chi connectivity index (χ1) is 6.20. The Bertz CT molecular complexity index is 255. The molecule has 74 valence electrons. The van der Waals surface area contributed by atoms with Crippen molar-refractivity contribution in [2.24, 2.45) is 11.7 Å². The van der Waals surface area contributed by atoms with Gasteiger partial charge in [-0.05, 0) is 30.4 Å². The van der Waals surface area contributed by atoms with Crippen molar-refractivity contribution in [3.05, 3.63) is 21.9 Å². The molecule has 2 nitrogen and oxygen atoms in total. The molecule has 1 heterocycles. The highest BCUT2D eigenvalue weighted by Gasteiger charge is 2.19. The van der Waals surface area contributed by atoms with E-state index in [1.165, 1.54) is 10.4 Å². The summed E-state index contributed by atoms with van der Waals surface area (Å²) in [5.41, 5.74) is 7.30. The van der Waals surface area contributed by atoms with Crippen LogP contribution in [0.3, 0.4) is 0 Å². The SMILES string of the molecule is CCC(CO)C(N)c1sccc1C. The lowest BCUT2D eigenvalue weighted by Gasteiger charge is -2.19. The average molecular weight is 199 g/mol. The molecule has 0 aliphatic carbocycles. The van der Waals surface area contributed by atoms with E-state index in [2.05, 4.69) is 25.3 Å². The van der Waals surface area contributed by atoms with Crippen LogP contribution in [0.2, 0.25) is 0 Å². The van der Waals surface area contributed by atoms with E-state index in [1.54, 1.807) is 11.3 Å². The van der Waals surface area contributed by atoms with Crippen LogP contribution in [-0.2, 0) is 0 Å². The number of rotatable bonds is 4. The predicted octanol–water partition coefficient (Wildman–Crippen LogP) is 2.07. The van der Waals surface area contributed by atoms with Crippen LogP contribution in [-0.4, -0.2) is 11.7 Å². The van der Waals surface area contributed by atoms with Crippen molar-refractivity contribution in [3.63, 3.8) is 0 Å². The molecule has 0 fully saturated rings. The molecule has 0 spiro atoms. The molecule has 3 N–H and O–H groups in total. The minimum absolute atomic E-state index is 0.00463. The number of aliphatic hydroxyl groups is 1. The second-order valence-corrected chi connectivity index (χ2v) is 4.29. The minimum Gasteiger partial charge on any atom is -0.396 e. The maximum absolute atomic E-state index is 9.11. The normalized spacial score (nSPS) is 15.7. The summed E-state index contributed by atoms with van der Waals surface area (Å²) in [6.45, 7) is 4.30. The summed E-state index contributed by atoms with van der Waals surface area (Å²) in [6, 6.07) is 2.07. The van der Waals surface area contributed by atoms with E-state index in [0.29, 0.717) is 0 Å². The Morgan fingerprint density at radius 1 is 1.62 bits per heavy atom. The van der Waals surface area contributed by atoms with Gasteiger partial charge in [-0.15, -0.1) is 11.3 Å². The van der Waals surface area contributed by atoms with Gasteiger partial charge < -0.3 is 10.8 Å². The molecule has 2 atom stereocenters. The largest absolute Gasteiger partial charge is 0.396 e. The Morgan fingerprint density at radius 2 is 2.31 bits per heavy atom. The summed E-state index contributed by atoms with van der Waals surface area (Å²) in [4.78, 5) is 1.21. The Balaban J connectivity index is 2.77. The highest BCUT2D eigenvalue weighted by Crippen LogP contribution is 2.28. The zero-order chi connectivity index (χ0) is 9.84. The van der Waals surface area contributed by atoms with Crippen molar-refractivity contribution >= 4 is 11.3 Å². The van der Waals surface area contributed by atoms with Gasteiger partial charge in [-0.1, -0.05) is 6.92 Å². The van der Waals surface area contributed by atoms with E-state index in [4.69, 9.17) is 10.8 Å². The van der Waals surface area contributed by atoms with Gasteiger partial charge in [-0.3, -0.25) is 0 Å². The summed E-state index contributed by atoms with van der Waals surface area (Å²) < 4.78 is 0. The van der Waals surface area contributed by atoms with E-state index in [1.807, 2.05) is 0 Å². The predicted molar refractivity (Wildman–Crippen MR) is 56.9 cm³/mol. The molecular weight excluding hydrogens is 182 g/mol. The second kappa shape index (κ2) is 4.74. The monoisotopic (exact) mass is 199 g/mol. The molecule has 0 saturated heterocycles. The van der Waals surface area contributed by atoms with Crippen molar-refractivity contribution in [2.45, 2.75) is 26.3 Å². The third kappa shape index (κ3) is 2.30. The number of thiophene rings is 1. The minimum atomic E-state index is -0.00463. The maximum atomic E-state index is 9.11. The Labute approximate surface area is 83.4 Å². The van der Waals surface area contributed by atoms with Crippen molar-refractivity contribution in [3.8, 4) is 0 Å². The smallest absolute Gasteiger partial charge is 0.0477 e. The lowest BCUT2D eigenvalue weighted by molar-refractivity contribution is 0.201. The van der Waals surface area contributed by atoms with E-state index in [9.17, 15) is 0 Å². The molecule has 0 aromatic carbocycles. The fraction of sp³-hybridized carbons (Fsp3) is 0.600. The first kappa shape index (κ1) is 10.7. The molecule has 1 aromatic rings. The standard InChI is InChI=1S/C10H17NOS/c1-3-8(6-12)9(11)10-7(2)4-5-13-10/h4-5,8-9,12H,3,6,11H2,1-2H3. The van der Waals surface area contributed by atoms with Crippen LogP contribution < -0.4 is 5.73 Å². The first-order valence-corrected chi connectivity index (χ1v) is 5.49. The van der Waals surface area contributed by atoms with Crippen LogP contribution in [0.25, 0.3) is 0 Å². The van der Waals surface area contributed by atoms with Crippen LogP contribution in [0, 0.1) is 12.8 Å². The van der Waals surface area contributed by atoms with E-state index in [-0.39, 0.29) is 18.6 Å². The molecule has 0 aliphatic rings. The van der Waals surface area contributed by atoms with Gasteiger partial charge in [0.15, 0.2) is 0 Å². The number of aliphatic hydroxyl groups excluding tert-OH is 1. The molecule has 13 heavy (non-hydrogen) atoms. The molecule has 2 unspecified atom stereocenters. The fourth-order valence-corrected chi connectivity index (χ4v) is 2.46. The van der Waals surface area contributed by atoms with Gasteiger partial charge >= 0.3 is 0 Å². The number of aryl methyl sites for hydroxylation is 1. The molecule has 0 bridgehead atoms. The summed E-state index contributed by atoms with van der Waals surface area (Å²) in [5.74, 6) is 0.192. The molecule has 1 aromatic heterocycles. The Hall–Kier alpha value is -0.380. The van der Waals surface area contributed by atoms with Gasteiger partial charge in [0.25, 0.3) is 0 Å². The quantitative estimate of drug-likeness (QED) is 0.780.